The number of nitrogens with one attached hydrogen (secondary N) is 2. The summed E-state index contributed by atoms with van der Waals surface area (Å²) in [4.78, 5) is 26.0. The van der Waals surface area contributed by atoms with Crippen LogP contribution in [0.4, 0.5) is 0 Å². The number of aromatic amines is 1. The van der Waals surface area contributed by atoms with Crippen molar-refractivity contribution in [2.24, 2.45) is 15.0 Å². The second-order valence-corrected chi connectivity index (χ2v) is 21.3. The van der Waals surface area contributed by atoms with E-state index in [0.717, 1.165) is 111 Å². The van der Waals surface area contributed by atoms with Crippen LogP contribution >= 0.6 is 0 Å². The molecule has 0 atom stereocenters. The van der Waals surface area contributed by atoms with Gasteiger partial charge in [0, 0.05) is 75.1 Å². The molecule has 7 rings (SSSR count). The number of hydrogen-bond acceptors (Lipinski definition) is 9. The molecule has 7 heterocycles. The maximum absolute atomic E-state index is 6.27. The lowest BCUT2D eigenvalue weighted by Crippen LogP contribution is -2.27. The van der Waals surface area contributed by atoms with Gasteiger partial charge in [-0.15, -0.1) is 13.2 Å². The minimum atomic E-state index is -1.25. The molecule has 0 radical (unpaired) electrons. The highest BCUT2D eigenvalue weighted by Crippen LogP contribution is 2.35. The highest BCUT2D eigenvalue weighted by Gasteiger charge is 2.28. The van der Waals surface area contributed by atoms with Gasteiger partial charge < -0.3 is 29.4 Å². The molecular formula is C48H53N7O3Si. The number of aromatic nitrogens is 2. The molecule has 2 aromatic rings. The fourth-order valence-corrected chi connectivity index (χ4v) is 7.75. The molecule has 8 bridgehead atoms. The molecule has 0 saturated carbocycles. The Morgan fingerprint density at radius 2 is 1.36 bits per heavy atom. The molecule has 2 aromatic heterocycles. The molecule has 302 valence electrons. The molecule has 59 heavy (non-hydrogen) atoms. The Bertz CT molecular complexity index is 2350. The number of nitrogens with zero attached hydrogens (tertiary/aromatic N) is 5. The Balaban J connectivity index is 1.38. The number of pyridine rings is 1. The van der Waals surface area contributed by atoms with Crippen molar-refractivity contribution in [3.63, 3.8) is 0 Å². The SMILES string of the molecule is C=CCOCCCC1=C2C=CC(=N2)/C(=C2\NC=CN2COCC[Si](C)(C)C)c2ccc([nH]2)C(CCCOCC=C)=C2C=CC(=N2)C(C#Cc2ccncc2)=C2C=CC1=N2. The molecule has 0 fully saturated rings. The van der Waals surface area contributed by atoms with E-state index in [1.807, 2.05) is 36.7 Å². The van der Waals surface area contributed by atoms with Crippen molar-refractivity contribution in [2.75, 3.05) is 39.8 Å². The van der Waals surface area contributed by atoms with Gasteiger partial charge in [0.05, 0.1) is 64.3 Å². The summed E-state index contributed by atoms with van der Waals surface area (Å²) in [5.74, 6) is 7.67. The number of H-pyrrole nitrogens is 1. The van der Waals surface area contributed by atoms with E-state index in [1.165, 1.54) is 0 Å². The van der Waals surface area contributed by atoms with Crippen LogP contribution in [0, 0.1) is 11.8 Å². The fraction of sp³-hybridized carbons (Fsp3) is 0.292. The van der Waals surface area contributed by atoms with Gasteiger partial charge in [-0.2, -0.15) is 0 Å². The lowest BCUT2D eigenvalue weighted by molar-refractivity contribution is 0.0796. The van der Waals surface area contributed by atoms with E-state index in [0.29, 0.717) is 39.6 Å². The minimum absolute atomic E-state index is 0.418. The first-order chi connectivity index (χ1) is 28.8. The molecule has 0 amide bonds. The van der Waals surface area contributed by atoms with Crippen LogP contribution in [0.3, 0.4) is 0 Å². The first-order valence-corrected chi connectivity index (χ1v) is 24.0. The first-order valence-electron chi connectivity index (χ1n) is 20.3. The number of hydrogen-bond donors (Lipinski definition) is 2. The summed E-state index contributed by atoms with van der Waals surface area (Å²) in [6, 6.07) is 9.18. The average molecular weight is 804 g/mol. The maximum atomic E-state index is 6.27. The fourth-order valence-electron chi connectivity index (χ4n) is 6.99. The van der Waals surface area contributed by atoms with Crippen LogP contribution in [0.15, 0.2) is 160 Å². The molecule has 5 aliphatic heterocycles. The molecule has 0 aliphatic carbocycles. The van der Waals surface area contributed by atoms with E-state index in [1.54, 1.807) is 24.5 Å². The predicted molar refractivity (Wildman–Crippen MR) is 243 cm³/mol. The zero-order chi connectivity index (χ0) is 41.0. The third-order valence-electron chi connectivity index (χ3n) is 10.0. The quantitative estimate of drug-likeness (QED) is 0.0716. The minimum Gasteiger partial charge on any atom is -0.377 e. The summed E-state index contributed by atoms with van der Waals surface area (Å²) in [6.45, 7) is 18.1. The lowest BCUT2D eigenvalue weighted by Gasteiger charge is -2.22. The van der Waals surface area contributed by atoms with Crippen molar-refractivity contribution in [1.29, 1.82) is 0 Å². The summed E-state index contributed by atoms with van der Waals surface area (Å²) >= 11 is 0. The summed E-state index contributed by atoms with van der Waals surface area (Å²) in [6.07, 6.45) is 26.5. The third kappa shape index (κ3) is 10.6. The van der Waals surface area contributed by atoms with Crippen LogP contribution in [0.2, 0.25) is 25.7 Å². The van der Waals surface area contributed by atoms with Gasteiger partial charge in [-0.25, -0.2) is 15.0 Å². The monoisotopic (exact) mass is 803 g/mol. The van der Waals surface area contributed by atoms with Crippen LogP contribution in [0.25, 0.3) is 11.1 Å². The first kappa shape index (κ1) is 41.3. The van der Waals surface area contributed by atoms with Crippen molar-refractivity contribution >= 4 is 36.4 Å². The maximum Gasteiger partial charge on any atom is 0.124 e. The molecule has 10 nitrogen and oxygen atoms in total. The van der Waals surface area contributed by atoms with Crippen molar-refractivity contribution < 1.29 is 14.2 Å². The molecule has 2 N–H and O–H groups in total. The van der Waals surface area contributed by atoms with E-state index in [9.17, 15) is 0 Å². The number of allylic oxidation sites excluding steroid dienone is 10. The van der Waals surface area contributed by atoms with Gasteiger partial charge >= 0.3 is 0 Å². The Labute approximate surface area is 349 Å². The topological polar surface area (TPSA) is 109 Å². The summed E-state index contributed by atoms with van der Waals surface area (Å²) in [7, 11) is -1.25. The Morgan fingerprint density at radius 3 is 2.10 bits per heavy atom. The summed E-state index contributed by atoms with van der Waals surface area (Å²) in [5.41, 5.74) is 11.5. The van der Waals surface area contributed by atoms with E-state index >= 15 is 0 Å². The van der Waals surface area contributed by atoms with E-state index in [4.69, 9.17) is 29.2 Å². The lowest BCUT2D eigenvalue weighted by atomic mass is 10.0. The van der Waals surface area contributed by atoms with Crippen molar-refractivity contribution in [2.45, 2.75) is 51.4 Å². The highest BCUT2D eigenvalue weighted by molar-refractivity contribution is 6.76. The van der Waals surface area contributed by atoms with Crippen LogP contribution < -0.4 is 5.32 Å². The Hall–Kier alpha value is -5.90. The molecular weight excluding hydrogens is 751 g/mol. The van der Waals surface area contributed by atoms with Gasteiger partial charge in [0.1, 0.15) is 12.6 Å². The summed E-state index contributed by atoms with van der Waals surface area (Å²) in [5, 5.41) is 3.53. The van der Waals surface area contributed by atoms with Crippen LogP contribution in [-0.2, 0) is 14.2 Å². The number of fused-ring (bicyclic) bond motifs is 5. The standard InChI is InChI=1S/C48H53N7O3Si/c1-6-28-56-30-8-10-36-39-14-16-43(51-39)38(13-12-35-22-24-49-25-23-35)44-17-15-40(52-44)37(11-9-31-57-29-7-2)42-19-21-46(54-42)47(45-20-18-41(36)53-45)48-50-26-27-55(48)34-58-32-33-59(3,4)5/h6-7,14-27,50,53H,1-2,8-11,28-34H2,3-5H3/b39-36?,42-37?,44-38?,48-47+. The molecule has 0 aromatic carbocycles. The predicted octanol–water partition coefficient (Wildman–Crippen LogP) is 9.05. The molecule has 0 unspecified atom stereocenters. The zero-order valence-corrected chi connectivity index (χ0v) is 35.4. The molecule has 11 heteroatoms. The van der Waals surface area contributed by atoms with Crippen LogP contribution in [0.1, 0.15) is 42.6 Å². The van der Waals surface area contributed by atoms with Crippen LogP contribution in [0.5, 0.6) is 0 Å². The second-order valence-electron chi connectivity index (χ2n) is 15.7. The largest absolute Gasteiger partial charge is 0.377 e. The van der Waals surface area contributed by atoms with Gasteiger partial charge in [-0.1, -0.05) is 43.6 Å². The van der Waals surface area contributed by atoms with Crippen LogP contribution in [-0.4, -0.2) is 79.8 Å². The average Bonchev–Trinajstić information content (AvgIpc) is 4.09. The molecule has 5 aliphatic rings. The Morgan fingerprint density at radius 1 is 0.712 bits per heavy atom. The van der Waals surface area contributed by atoms with Gasteiger partial charge in [-0.3, -0.25) is 4.98 Å². The van der Waals surface area contributed by atoms with Gasteiger partial charge in [-0.05, 0) is 92.4 Å². The van der Waals surface area contributed by atoms with E-state index in [2.05, 4.69) is 101 Å². The third-order valence-corrected chi connectivity index (χ3v) is 11.7. The van der Waals surface area contributed by atoms with Gasteiger partial charge in [0.15, 0.2) is 0 Å². The van der Waals surface area contributed by atoms with Gasteiger partial charge in [0.25, 0.3) is 0 Å². The Kier molecular flexibility index (Phi) is 13.8. The zero-order valence-electron chi connectivity index (χ0n) is 34.4. The van der Waals surface area contributed by atoms with Crippen molar-refractivity contribution in [3.05, 3.63) is 162 Å². The van der Waals surface area contributed by atoms with E-state index in [-0.39, 0.29) is 0 Å². The number of rotatable bonds is 17. The second kappa shape index (κ2) is 19.7. The molecule has 0 saturated heterocycles. The van der Waals surface area contributed by atoms with E-state index < -0.39 is 8.07 Å². The van der Waals surface area contributed by atoms with Crippen molar-refractivity contribution in [3.8, 4) is 11.8 Å². The smallest absolute Gasteiger partial charge is 0.124 e. The highest BCUT2D eigenvalue weighted by atomic mass is 28.3. The van der Waals surface area contributed by atoms with Gasteiger partial charge in [0.2, 0.25) is 0 Å². The summed E-state index contributed by atoms with van der Waals surface area (Å²) < 4.78 is 17.9. The van der Waals surface area contributed by atoms with Crippen molar-refractivity contribution in [1.82, 2.24) is 20.2 Å². The molecule has 0 spiro atoms. The normalized spacial score (nSPS) is 18.1. The number of ether oxygens (including phenoxy) is 3. The number of aliphatic imine (C=N–C) groups is 3.